The third-order valence-electron chi connectivity index (χ3n) is 11.5. The van der Waals surface area contributed by atoms with Crippen molar-refractivity contribution in [2.45, 2.75) is 258 Å². The maximum Gasteiger partial charge on any atom is 0.306 e. The first-order valence-corrected chi connectivity index (χ1v) is 27.2. The van der Waals surface area contributed by atoms with Gasteiger partial charge in [0.15, 0.2) is 6.10 Å². The average molecular weight is 905 g/mol. The molecule has 1 unspecified atom stereocenters. The topological polar surface area (TPSA) is 78.9 Å². The Balaban J connectivity index is 4.48. The van der Waals surface area contributed by atoms with Gasteiger partial charge in [-0.05, 0) is 64.2 Å². The van der Waals surface area contributed by atoms with Crippen LogP contribution in [-0.2, 0) is 28.6 Å². The van der Waals surface area contributed by atoms with Gasteiger partial charge in [-0.1, -0.05) is 254 Å². The zero-order valence-corrected chi connectivity index (χ0v) is 42.5. The first kappa shape index (κ1) is 61.6. The van der Waals surface area contributed by atoms with Crippen LogP contribution < -0.4 is 0 Å². The SMILES string of the molecule is CC\C=C/C=C\C=C/C=C\C=C\C=C/CCCCCC(=O)OCC(COC(=O)CCCCCCCCCCCCCCCC)OC(=O)CCCCCCC/C=C\CCCCCCCCC. The largest absolute Gasteiger partial charge is 0.462 e. The Labute approximate surface area is 401 Å². The molecule has 0 bridgehead atoms. The van der Waals surface area contributed by atoms with Crippen molar-refractivity contribution in [3.05, 3.63) is 85.1 Å². The van der Waals surface area contributed by atoms with Gasteiger partial charge in [0.2, 0.25) is 0 Å². The smallest absolute Gasteiger partial charge is 0.306 e. The molecule has 1 atom stereocenters. The summed E-state index contributed by atoms with van der Waals surface area (Å²) in [6.45, 7) is 6.46. The zero-order chi connectivity index (χ0) is 47.2. The van der Waals surface area contributed by atoms with Crippen LogP contribution in [0, 0.1) is 0 Å². The van der Waals surface area contributed by atoms with E-state index in [4.69, 9.17) is 14.2 Å². The first-order chi connectivity index (χ1) is 32.0. The van der Waals surface area contributed by atoms with E-state index in [2.05, 4.69) is 45.1 Å². The molecule has 0 rings (SSSR count). The minimum atomic E-state index is -0.798. The van der Waals surface area contributed by atoms with E-state index in [1.807, 2.05) is 60.8 Å². The Morgan fingerprint density at radius 1 is 0.323 bits per heavy atom. The summed E-state index contributed by atoms with van der Waals surface area (Å²) in [5.41, 5.74) is 0. The Bertz CT molecular complexity index is 1270. The van der Waals surface area contributed by atoms with Gasteiger partial charge in [-0.3, -0.25) is 14.4 Å². The van der Waals surface area contributed by atoms with E-state index in [-0.39, 0.29) is 31.1 Å². The fourth-order valence-electron chi connectivity index (χ4n) is 7.47. The summed E-state index contributed by atoms with van der Waals surface area (Å²) >= 11 is 0. The molecule has 0 heterocycles. The Kier molecular flexibility index (Phi) is 50.4. The fraction of sp³-hybridized carbons (Fsp3) is 0.712. The van der Waals surface area contributed by atoms with Gasteiger partial charge in [0.05, 0.1) is 0 Å². The third kappa shape index (κ3) is 51.4. The number of hydrogen-bond acceptors (Lipinski definition) is 6. The summed E-state index contributed by atoms with van der Waals surface area (Å²) in [6.07, 6.45) is 68.5. The molecule has 0 N–H and O–H groups in total. The van der Waals surface area contributed by atoms with Crippen molar-refractivity contribution in [3.8, 4) is 0 Å². The predicted octanol–water partition coefficient (Wildman–Crippen LogP) is 18.0. The third-order valence-corrected chi connectivity index (χ3v) is 11.5. The Morgan fingerprint density at radius 2 is 0.615 bits per heavy atom. The second kappa shape index (κ2) is 53.2. The highest BCUT2D eigenvalue weighted by molar-refractivity contribution is 5.71. The summed E-state index contributed by atoms with van der Waals surface area (Å²) in [5.74, 6) is -0.942. The van der Waals surface area contributed by atoms with Gasteiger partial charge < -0.3 is 14.2 Å². The van der Waals surface area contributed by atoms with Crippen LogP contribution in [0.1, 0.15) is 252 Å². The van der Waals surface area contributed by atoms with E-state index < -0.39 is 6.10 Å². The molecule has 0 aromatic carbocycles. The quantitative estimate of drug-likeness (QED) is 0.0199. The molecule has 0 aliphatic rings. The van der Waals surface area contributed by atoms with Gasteiger partial charge in [-0.25, -0.2) is 0 Å². The lowest BCUT2D eigenvalue weighted by Gasteiger charge is -2.18. The molecule has 0 aromatic heterocycles. The van der Waals surface area contributed by atoms with Crippen molar-refractivity contribution in [2.24, 2.45) is 0 Å². The van der Waals surface area contributed by atoms with Crippen molar-refractivity contribution in [2.75, 3.05) is 13.2 Å². The molecule has 0 aromatic rings. The van der Waals surface area contributed by atoms with E-state index in [1.54, 1.807) is 0 Å². The Hall–Kier alpha value is -3.41. The lowest BCUT2D eigenvalue weighted by molar-refractivity contribution is -0.167. The van der Waals surface area contributed by atoms with Crippen molar-refractivity contribution >= 4 is 17.9 Å². The summed E-state index contributed by atoms with van der Waals surface area (Å²) in [6, 6.07) is 0. The van der Waals surface area contributed by atoms with Gasteiger partial charge in [-0.15, -0.1) is 0 Å². The maximum atomic E-state index is 12.8. The van der Waals surface area contributed by atoms with E-state index in [1.165, 1.54) is 128 Å². The molecule has 0 fully saturated rings. The second-order valence-electron chi connectivity index (χ2n) is 17.9. The Morgan fingerprint density at radius 3 is 1.00 bits per heavy atom. The molecular formula is C59H100O6. The van der Waals surface area contributed by atoms with Crippen molar-refractivity contribution in [3.63, 3.8) is 0 Å². The average Bonchev–Trinajstić information content (AvgIpc) is 3.30. The normalized spacial score (nSPS) is 12.7. The van der Waals surface area contributed by atoms with Gasteiger partial charge in [-0.2, -0.15) is 0 Å². The number of rotatable bonds is 48. The van der Waals surface area contributed by atoms with Crippen LogP contribution in [0.5, 0.6) is 0 Å². The van der Waals surface area contributed by atoms with Gasteiger partial charge in [0.25, 0.3) is 0 Å². The lowest BCUT2D eigenvalue weighted by atomic mass is 10.0. The highest BCUT2D eigenvalue weighted by Crippen LogP contribution is 2.15. The van der Waals surface area contributed by atoms with Crippen molar-refractivity contribution in [1.82, 2.24) is 0 Å². The maximum absolute atomic E-state index is 12.8. The summed E-state index contributed by atoms with van der Waals surface area (Å²) in [5, 5.41) is 0. The number of carbonyl (C=O) groups is 3. The first-order valence-electron chi connectivity index (χ1n) is 27.2. The van der Waals surface area contributed by atoms with Gasteiger partial charge in [0, 0.05) is 19.3 Å². The number of carbonyl (C=O) groups excluding carboxylic acids is 3. The van der Waals surface area contributed by atoms with Crippen molar-refractivity contribution in [1.29, 1.82) is 0 Å². The fourth-order valence-corrected chi connectivity index (χ4v) is 7.47. The van der Waals surface area contributed by atoms with Gasteiger partial charge >= 0.3 is 17.9 Å². The summed E-state index contributed by atoms with van der Waals surface area (Å²) < 4.78 is 16.8. The molecule has 0 aliphatic carbocycles. The van der Waals surface area contributed by atoms with E-state index in [9.17, 15) is 14.4 Å². The molecule has 0 saturated heterocycles. The highest BCUT2D eigenvalue weighted by atomic mass is 16.6. The molecule has 65 heavy (non-hydrogen) atoms. The molecule has 0 saturated carbocycles. The number of esters is 3. The van der Waals surface area contributed by atoms with Crippen LogP contribution in [0.4, 0.5) is 0 Å². The minimum absolute atomic E-state index is 0.0928. The standard InChI is InChI=1S/C59H100O6/c1-4-7-10-13-16-19-22-25-28-30-32-34-37-40-43-46-49-52-58(61)64-55-56(54-63-57(60)51-48-45-42-39-36-33-27-24-21-18-15-12-9-6-3)65-59(62)53-50-47-44-41-38-35-31-29-26-23-20-17-14-11-8-5-2/h7,10,13,16,19,22,25,28-32,34,37,56H,4-6,8-9,11-12,14-15,17-18,20-21,23-24,26-27,33,35-36,38-55H2,1-3H3/b10-7-,16-13-,22-19-,28-25-,31-29-,32-30+,37-34-. The lowest BCUT2D eigenvalue weighted by Crippen LogP contribution is -2.30. The van der Waals surface area contributed by atoms with Crippen molar-refractivity contribution < 1.29 is 28.6 Å². The van der Waals surface area contributed by atoms with E-state index >= 15 is 0 Å². The molecule has 0 amide bonds. The molecule has 372 valence electrons. The second-order valence-corrected chi connectivity index (χ2v) is 17.9. The van der Waals surface area contributed by atoms with Crippen LogP contribution in [0.25, 0.3) is 0 Å². The molecule has 6 heteroatoms. The number of allylic oxidation sites excluding steroid dienone is 14. The van der Waals surface area contributed by atoms with E-state index in [0.29, 0.717) is 19.3 Å². The zero-order valence-electron chi connectivity index (χ0n) is 42.5. The summed E-state index contributed by atoms with van der Waals surface area (Å²) in [4.78, 5) is 38.1. The molecular weight excluding hydrogens is 805 g/mol. The van der Waals surface area contributed by atoms with Crippen LogP contribution >= 0.6 is 0 Å². The number of hydrogen-bond donors (Lipinski definition) is 0. The monoisotopic (exact) mass is 905 g/mol. The number of unbranched alkanes of at least 4 members (excludes halogenated alkanes) is 28. The van der Waals surface area contributed by atoms with Crippen LogP contribution in [0.15, 0.2) is 85.1 Å². The van der Waals surface area contributed by atoms with Crippen LogP contribution in [0.3, 0.4) is 0 Å². The molecule has 0 aliphatic heterocycles. The van der Waals surface area contributed by atoms with E-state index in [0.717, 1.165) is 83.5 Å². The molecule has 6 nitrogen and oxygen atoms in total. The van der Waals surface area contributed by atoms with Gasteiger partial charge in [0.1, 0.15) is 13.2 Å². The predicted molar refractivity (Wildman–Crippen MR) is 279 cm³/mol. The number of ether oxygens (including phenoxy) is 3. The molecule has 0 radical (unpaired) electrons. The van der Waals surface area contributed by atoms with Crippen LogP contribution in [0.2, 0.25) is 0 Å². The highest BCUT2D eigenvalue weighted by Gasteiger charge is 2.19. The minimum Gasteiger partial charge on any atom is -0.462 e. The molecule has 0 spiro atoms. The van der Waals surface area contributed by atoms with Crippen LogP contribution in [-0.4, -0.2) is 37.2 Å². The summed E-state index contributed by atoms with van der Waals surface area (Å²) in [7, 11) is 0.